The second-order valence-corrected chi connectivity index (χ2v) is 7.31. The monoisotopic (exact) mass is 333 g/mol. The van der Waals surface area contributed by atoms with Gasteiger partial charge in [0.25, 0.3) is 0 Å². The Kier molecular flexibility index (Phi) is 5.47. The quantitative estimate of drug-likeness (QED) is 0.899. The molecular weight excluding hydrogens is 306 g/mol. The van der Waals surface area contributed by atoms with Crippen LogP contribution in [-0.2, 0) is 9.53 Å². The molecule has 1 fully saturated rings. The van der Waals surface area contributed by atoms with Crippen LogP contribution in [0.4, 0.5) is 4.79 Å². The van der Waals surface area contributed by atoms with Crippen LogP contribution in [0.5, 0.6) is 0 Å². The third-order valence-electron chi connectivity index (χ3n) is 3.88. The van der Waals surface area contributed by atoms with E-state index in [4.69, 9.17) is 4.74 Å². The molecule has 1 N–H and O–H groups in total. The van der Waals surface area contributed by atoms with E-state index in [0.717, 1.165) is 18.4 Å². The number of hydrogen-bond donors (Lipinski definition) is 1. The minimum atomic E-state index is -0.639. The first kappa shape index (κ1) is 18.2. The van der Waals surface area contributed by atoms with E-state index in [9.17, 15) is 9.59 Å². The van der Waals surface area contributed by atoms with E-state index in [1.54, 1.807) is 40.1 Å². The molecule has 0 bridgehead atoms. The molecule has 1 aromatic rings. The molecule has 0 radical (unpaired) electrons. The number of carbonyl (C=O) groups is 2. The van der Waals surface area contributed by atoms with Crippen LogP contribution in [0, 0.1) is 0 Å². The summed E-state index contributed by atoms with van der Waals surface area (Å²) in [6.45, 7) is 9.06. The van der Waals surface area contributed by atoms with Gasteiger partial charge in [0, 0.05) is 18.4 Å². The molecule has 1 heterocycles. The van der Waals surface area contributed by atoms with Crippen molar-refractivity contribution in [3.63, 3.8) is 0 Å². The van der Waals surface area contributed by atoms with Crippen LogP contribution >= 0.6 is 0 Å². The van der Waals surface area contributed by atoms with Gasteiger partial charge in [-0.1, -0.05) is 6.07 Å². The summed E-state index contributed by atoms with van der Waals surface area (Å²) in [6, 6.07) is 3.34. The van der Waals surface area contributed by atoms with Crippen LogP contribution in [0.2, 0.25) is 0 Å². The number of alkyl carbamates (subject to hydrolysis) is 1. The Morgan fingerprint density at radius 3 is 2.50 bits per heavy atom. The summed E-state index contributed by atoms with van der Waals surface area (Å²) in [5.74, 6) is -0.0975. The Morgan fingerprint density at radius 1 is 1.33 bits per heavy atom. The minimum absolute atomic E-state index is 0.0819. The van der Waals surface area contributed by atoms with Crippen molar-refractivity contribution in [2.24, 2.45) is 0 Å². The first-order valence-electron chi connectivity index (χ1n) is 8.40. The maximum absolute atomic E-state index is 12.9. The van der Waals surface area contributed by atoms with E-state index in [0.29, 0.717) is 0 Å². The van der Waals surface area contributed by atoms with Gasteiger partial charge in [0.2, 0.25) is 5.91 Å². The van der Waals surface area contributed by atoms with Crippen LogP contribution in [0.1, 0.15) is 59.1 Å². The number of amides is 2. The van der Waals surface area contributed by atoms with Gasteiger partial charge in [-0.3, -0.25) is 9.78 Å². The fourth-order valence-electron chi connectivity index (χ4n) is 2.59. The van der Waals surface area contributed by atoms with Crippen LogP contribution in [0.15, 0.2) is 24.5 Å². The molecule has 24 heavy (non-hydrogen) atoms. The molecule has 0 unspecified atom stereocenters. The molecule has 0 aliphatic heterocycles. The van der Waals surface area contributed by atoms with Crippen molar-refractivity contribution >= 4 is 12.0 Å². The number of carbonyl (C=O) groups excluding carboxylic acids is 2. The summed E-state index contributed by atoms with van der Waals surface area (Å²) >= 11 is 0. The first-order chi connectivity index (χ1) is 11.2. The smallest absolute Gasteiger partial charge is 0.408 e. The zero-order chi connectivity index (χ0) is 17.9. The number of hydrogen-bond acceptors (Lipinski definition) is 4. The number of ether oxygens (including phenoxy) is 1. The minimum Gasteiger partial charge on any atom is -0.444 e. The van der Waals surface area contributed by atoms with E-state index >= 15 is 0 Å². The van der Waals surface area contributed by atoms with Crippen molar-refractivity contribution in [1.82, 2.24) is 15.2 Å². The van der Waals surface area contributed by atoms with Gasteiger partial charge >= 0.3 is 6.09 Å². The average molecular weight is 333 g/mol. The summed E-state index contributed by atoms with van der Waals surface area (Å²) in [5.41, 5.74) is 0.397. The highest BCUT2D eigenvalue weighted by molar-refractivity contribution is 5.86. The molecule has 2 rings (SSSR count). The number of aromatic nitrogens is 1. The molecule has 1 aliphatic rings. The van der Waals surface area contributed by atoms with Gasteiger partial charge in [-0.25, -0.2) is 4.79 Å². The Balaban J connectivity index is 2.05. The second kappa shape index (κ2) is 7.20. The number of nitrogens with zero attached hydrogens (tertiary/aromatic N) is 2. The zero-order valence-corrected chi connectivity index (χ0v) is 15.1. The highest BCUT2D eigenvalue weighted by atomic mass is 16.6. The van der Waals surface area contributed by atoms with Gasteiger partial charge in [0.1, 0.15) is 11.6 Å². The lowest BCUT2D eigenvalue weighted by molar-refractivity contribution is -0.136. The van der Waals surface area contributed by atoms with Crippen molar-refractivity contribution in [2.45, 2.75) is 71.2 Å². The predicted octanol–water partition coefficient (Wildman–Crippen LogP) is 3.05. The van der Waals surface area contributed by atoms with Gasteiger partial charge < -0.3 is 15.0 Å². The van der Waals surface area contributed by atoms with Gasteiger partial charge in [-0.2, -0.15) is 0 Å². The van der Waals surface area contributed by atoms with Crippen molar-refractivity contribution in [2.75, 3.05) is 0 Å². The topological polar surface area (TPSA) is 71.5 Å². The fourth-order valence-corrected chi connectivity index (χ4v) is 2.59. The van der Waals surface area contributed by atoms with Crippen molar-refractivity contribution in [3.8, 4) is 0 Å². The third-order valence-corrected chi connectivity index (χ3v) is 3.88. The molecule has 1 aliphatic carbocycles. The number of pyridine rings is 1. The zero-order valence-electron chi connectivity index (χ0n) is 15.1. The van der Waals surface area contributed by atoms with Gasteiger partial charge in [0.15, 0.2) is 0 Å². The van der Waals surface area contributed by atoms with Gasteiger partial charge in [-0.15, -0.1) is 0 Å². The Bertz CT molecular complexity index is 579. The lowest BCUT2D eigenvalue weighted by atomic mass is 10.1. The maximum atomic E-state index is 12.9. The Morgan fingerprint density at radius 2 is 2.00 bits per heavy atom. The molecule has 0 aromatic carbocycles. The van der Waals surface area contributed by atoms with E-state index < -0.39 is 17.7 Å². The molecule has 6 heteroatoms. The number of rotatable bonds is 5. The van der Waals surface area contributed by atoms with Crippen molar-refractivity contribution < 1.29 is 14.3 Å². The summed E-state index contributed by atoms with van der Waals surface area (Å²) in [5, 5.41) is 2.64. The molecule has 132 valence electrons. The number of nitrogens with one attached hydrogen (secondary N) is 1. The summed E-state index contributed by atoms with van der Waals surface area (Å²) in [7, 11) is 0. The molecular formula is C18H27N3O3. The molecule has 0 saturated heterocycles. The Labute approximate surface area is 143 Å². The summed E-state index contributed by atoms with van der Waals surface area (Å²) in [6.07, 6.45) is 4.91. The third kappa shape index (κ3) is 4.94. The van der Waals surface area contributed by atoms with Crippen LogP contribution < -0.4 is 5.32 Å². The molecule has 0 spiro atoms. The first-order valence-corrected chi connectivity index (χ1v) is 8.40. The average Bonchev–Trinajstić information content (AvgIpc) is 3.30. The fraction of sp³-hybridized carbons (Fsp3) is 0.611. The second-order valence-electron chi connectivity index (χ2n) is 7.31. The van der Waals surface area contributed by atoms with Crippen molar-refractivity contribution in [1.29, 1.82) is 0 Å². The largest absolute Gasteiger partial charge is 0.444 e. The lowest BCUT2D eigenvalue weighted by Crippen LogP contribution is -2.49. The van der Waals surface area contributed by atoms with E-state index in [-0.39, 0.29) is 18.0 Å². The van der Waals surface area contributed by atoms with Crippen LogP contribution in [0.3, 0.4) is 0 Å². The lowest BCUT2D eigenvalue weighted by Gasteiger charge is -2.32. The van der Waals surface area contributed by atoms with Gasteiger partial charge in [-0.05, 0) is 59.1 Å². The molecule has 1 saturated carbocycles. The molecule has 2 amide bonds. The van der Waals surface area contributed by atoms with Crippen molar-refractivity contribution in [3.05, 3.63) is 30.1 Å². The van der Waals surface area contributed by atoms with Crippen LogP contribution in [-0.4, -0.2) is 39.6 Å². The standard InChI is InChI=1S/C18H27N3O3/c1-12(20-17(23)24-18(3,4)5)16(22)21(15-8-9-15)13(2)14-7-6-10-19-11-14/h6-7,10-13,15H,8-9H2,1-5H3,(H,20,23)/t12-,13+/m1/s1. The highest BCUT2D eigenvalue weighted by Gasteiger charge is 2.38. The predicted molar refractivity (Wildman–Crippen MR) is 91.4 cm³/mol. The molecule has 1 aromatic heterocycles. The van der Waals surface area contributed by atoms with Gasteiger partial charge in [0.05, 0.1) is 6.04 Å². The Hall–Kier alpha value is -2.11. The van der Waals surface area contributed by atoms with E-state index in [1.165, 1.54) is 0 Å². The molecule has 2 atom stereocenters. The SMILES string of the molecule is C[C@@H](NC(=O)OC(C)(C)C)C(=O)N(C1CC1)[C@@H](C)c1cccnc1. The summed E-state index contributed by atoms with van der Waals surface area (Å²) < 4.78 is 5.23. The highest BCUT2D eigenvalue weighted by Crippen LogP contribution is 2.34. The molecule has 6 nitrogen and oxygen atoms in total. The summed E-state index contributed by atoms with van der Waals surface area (Å²) in [4.78, 5) is 30.8. The van der Waals surface area contributed by atoms with E-state index in [2.05, 4.69) is 10.3 Å². The maximum Gasteiger partial charge on any atom is 0.408 e. The van der Waals surface area contributed by atoms with E-state index in [1.807, 2.05) is 24.0 Å². The normalized spacial score (nSPS) is 16.9. The van der Waals surface area contributed by atoms with Crippen LogP contribution in [0.25, 0.3) is 0 Å².